The predicted octanol–water partition coefficient (Wildman–Crippen LogP) is 2.39. The maximum atomic E-state index is 12.3. The van der Waals surface area contributed by atoms with Gasteiger partial charge in [-0.3, -0.25) is 14.1 Å². The fourth-order valence-corrected chi connectivity index (χ4v) is 3.57. The minimum Gasteiger partial charge on any atom is -0.314 e. The number of hydrogen-bond acceptors (Lipinski definition) is 4. The molecule has 0 radical (unpaired) electrons. The topological polar surface area (TPSA) is 49.6 Å². The molecule has 136 valence electrons. The fourth-order valence-electron chi connectivity index (χ4n) is 3.57. The van der Waals surface area contributed by atoms with Gasteiger partial charge in [0, 0.05) is 37.9 Å². The Hall–Kier alpha value is -1.43. The Labute approximate surface area is 154 Å². The summed E-state index contributed by atoms with van der Waals surface area (Å²) >= 11 is 0. The normalized spacial score (nSPS) is 19.1. The number of nitrogens with zero attached hydrogens (tertiary/aromatic N) is 3. The minimum absolute atomic E-state index is 0. The fraction of sp³-hybridized carbons (Fsp3) is 0.579. The van der Waals surface area contributed by atoms with Crippen LogP contribution < -0.4 is 10.9 Å². The van der Waals surface area contributed by atoms with Crippen molar-refractivity contribution in [3.63, 3.8) is 0 Å². The summed E-state index contributed by atoms with van der Waals surface area (Å²) in [6.45, 7) is 6.14. The summed E-state index contributed by atoms with van der Waals surface area (Å²) in [7, 11) is 0. The number of pyridine rings is 1. The summed E-state index contributed by atoms with van der Waals surface area (Å²) in [5.41, 5.74) is 2.72. The molecule has 1 saturated heterocycles. The molecule has 3 heterocycles. The lowest BCUT2D eigenvalue weighted by atomic mass is 10.0. The zero-order valence-electron chi connectivity index (χ0n) is 14.8. The van der Waals surface area contributed by atoms with E-state index in [4.69, 9.17) is 4.98 Å². The molecule has 2 fully saturated rings. The summed E-state index contributed by atoms with van der Waals surface area (Å²) in [6.07, 6.45) is 7.00. The van der Waals surface area contributed by atoms with Gasteiger partial charge in [0.2, 0.25) is 0 Å². The van der Waals surface area contributed by atoms with Crippen LogP contribution in [0.15, 0.2) is 29.2 Å². The Bertz CT molecular complexity index is 779. The third-order valence-corrected chi connectivity index (χ3v) is 5.30. The van der Waals surface area contributed by atoms with Crippen LogP contribution in [0.25, 0.3) is 5.65 Å². The van der Waals surface area contributed by atoms with Crippen molar-refractivity contribution >= 4 is 18.1 Å². The maximum Gasteiger partial charge on any atom is 0.258 e. The molecule has 1 N–H and O–H groups in total. The Kier molecular flexibility index (Phi) is 5.77. The Morgan fingerprint density at radius 3 is 2.72 bits per heavy atom. The highest BCUT2D eigenvalue weighted by atomic mass is 35.5. The average molecular weight is 363 g/mol. The van der Waals surface area contributed by atoms with Crippen molar-refractivity contribution in [2.45, 2.75) is 45.2 Å². The number of aromatic nitrogens is 2. The van der Waals surface area contributed by atoms with Gasteiger partial charge in [-0.15, -0.1) is 12.4 Å². The molecular formula is C19H27ClN4O. The van der Waals surface area contributed by atoms with Gasteiger partial charge >= 0.3 is 0 Å². The van der Waals surface area contributed by atoms with Crippen molar-refractivity contribution in [1.29, 1.82) is 0 Å². The summed E-state index contributed by atoms with van der Waals surface area (Å²) in [5, 5.41) is 3.71. The summed E-state index contributed by atoms with van der Waals surface area (Å²) in [4.78, 5) is 19.4. The first-order valence-corrected chi connectivity index (χ1v) is 9.13. The number of nitrogens with one attached hydrogen (secondary N) is 1. The molecule has 0 amide bonds. The number of fused-ring (bicyclic) bond motifs is 1. The van der Waals surface area contributed by atoms with Crippen molar-refractivity contribution in [1.82, 2.24) is 19.6 Å². The van der Waals surface area contributed by atoms with E-state index < -0.39 is 0 Å². The lowest BCUT2D eigenvalue weighted by Gasteiger charge is -2.32. The second-order valence-electron chi connectivity index (χ2n) is 7.37. The molecule has 2 aliphatic rings. The first-order valence-electron chi connectivity index (χ1n) is 9.13. The Morgan fingerprint density at radius 2 is 2.00 bits per heavy atom. The van der Waals surface area contributed by atoms with E-state index in [9.17, 15) is 4.79 Å². The highest BCUT2D eigenvalue weighted by Gasteiger charge is 2.24. The van der Waals surface area contributed by atoms with E-state index in [1.54, 1.807) is 16.7 Å². The second kappa shape index (κ2) is 7.85. The van der Waals surface area contributed by atoms with Crippen LogP contribution >= 0.6 is 12.4 Å². The highest BCUT2D eigenvalue weighted by Crippen LogP contribution is 2.28. The Morgan fingerprint density at radius 1 is 1.24 bits per heavy atom. The molecule has 1 saturated carbocycles. The number of aryl methyl sites for hydroxylation is 1. The molecule has 2 aromatic rings. The number of rotatable bonds is 5. The molecule has 2 aromatic heterocycles. The molecule has 0 aromatic carbocycles. The van der Waals surface area contributed by atoms with E-state index in [2.05, 4.69) is 10.2 Å². The first-order chi connectivity index (χ1) is 11.7. The van der Waals surface area contributed by atoms with Gasteiger partial charge in [-0.1, -0.05) is 6.07 Å². The van der Waals surface area contributed by atoms with E-state index in [1.807, 2.05) is 19.1 Å². The van der Waals surface area contributed by atoms with Gasteiger partial charge in [0.25, 0.3) is 5.56 Å². The quantitative estimate of drug-likeness (QED) is 0.887. The van der Waals surface area contributed by atoms with Gasteiger partial charge in [-0.25, -0.2) is 4.98 Å². The van der Waals surface area contributed by atoms with Gasteiger partial charge in [0.1, 0.15) is 5.65 Å². The van der Waals surface area contributed by atoms with Crippen molar-refractivity contribution in [3.8, 4) is 0 Å². The van der Waals surface area contributed by atoms with Crippen LogP contribution in [0, 0.1) is 12.8 Å². The van der Waals surface area contributed by atoms with Crippen LogP contribution in [0.2, 0.25) is 0 Å². The van der Waals surface area contributed by atoms with Crippen molar-refractivity contribution in [3.05, 3.63) is 46.0 Å². The zero-order valence-corrected chi connectivity index (χ0v) is 15.6. The lowest BCUT2D eigenvalue weighted by Crippen LogP contribution is -2.42. The van der Waals surface area contributed by atoms with Crippen LogP contribution in [0.4, 0.5) is 0 Å². The molecule has 25 heavy (non-hydrogen) atoms. The van der Waals surface area contributed by atoms with Crippen LogP contribution in [-0.2, 0) is 6.54 Å². The molecule has 0 atom stereocenters. The molecular weight excluding hydrogens is 336 g/mol. The van der Waals surface area contributed by atoms with Crippen LogP contribution in [0.1, 0.15) is 36.9 Å². The molecule has 1 aliphatic carbocycles. The third kappa shape index (κ3) is 4.40. The lowest BCUT2D eigenvalue weighted by molar-refractivity contribution is 0.188. The van der Waals surface area contributed by atoms with Crippen LogP contribution in [0.3, 0.4) is 0 Å². The van der Waals surface area contributed by atoms with Gasteiger partial charge in [0.15, 0.2) is 0 Å². The molecule has 5 nitrogen and oxygen atoms in total. The third-order valence-electron chi connectivity index (χ3n) is 5.30. The minimum atomic E-state index is 0. The van der Waals surface area contributed by atoms with E-state index in [0.717, 1.165) is 42.5 Å². The molecule has 4 rings (SSSR count). The zero-order chi connectivity index (χ0) is 16.5. The monoisotopic (exact) mass is 362 g/mol. The summed E-state index contributed by atoms with van der Waals surface area (Å²) in [6, 6.07) is 6.25. The Balaban J connectivity index is 0.00000182. The van der Waals surface area contributed by atoms with Gasteiger partial charge in [0.05, 0.1) is 5.69 Å². The van der Waals surface area contributed by atoms with Crippen molar-refractivity contribution < 1.29 is 0 Å². The highest BCUT2D eigenvalue weighted by molar-refractivity contribution is 5.85. The van der Waals surface area contributed by atoms with Gasteiger partial charge in [-0.05, 0) is 56.7 Å². The molecule has 0 bridgehead atoms. The molecule has 0 spiro atoms. The standard InChI is InChI=1S/C19H26N4O.ClH/c1-14-3-2-8-23-18(24)11-17(21-19(14)23)13-22-9-6-16(7-10-22)20-12-15-4-5-15;/h2-3,8,11,15-16,20H,4-7,9-10,12-13H2,1H3;1H. The second-order valence-corrected chi connectivity index (χ2v) is 7.37. The van der Waals surface area contributed by atoms with Gasteiger partial charge in [-0.2, -0.15) is 0 Å². The largest absolute Gasteiger partial charge is 0.314 e. The number of hydrogen-bond donors (Lipinski definition) is 1. The smallest absolute Gasteiger partial charge is 0.258 e. The summed E-state index contributed by atoms with van der Waals surface area (Å²) < 4.78 is 1.63. The van der Waals surface area contributed by atoms with E-state index >= 15 is 0 Å². The van der Waals surface area contributed by atoms with Crippen LogP contribution in [-0.4, -0.2) is 40.0 Å². The van der Waals surface area contributed by atoms with Gasteiger partial charge < -0.3 is 5.32 Å². The average Bonchev–Trinajstić information content (AvgIpc) is 3.40. The summed E-state index contributed by atoms with van der Waals surface area (Å²) in [5.74, 6) is 0.945. The van der Waals surface area contributed by atoms with Crippen molar-refractivity contribution in [2.75, 3.05) is 19.6 Å². The van der Waals surface area contributed by atoms with Crippen molar-refractivity contribution in [2.24, 2.45) is 5.92 Å². The molecule has 0 unspecified atom stereocenters. The van der Waals surface area contributed by atoms with E-state index in [1.165, 1.54) is 32.2 Å². The maximum absolute atomic E-state index is 12.3. The predicted molar refractivity (Wildman–Crippen MR) is 102 cm³/mol. The number of likely N-dealkylation sites (tertiary alicyclic amines) is 1. The van der Waals surface area contributed by atoms with Crippen LogP contribution in [0.5, 0.6) is 0 Å². The number of halogens is 1. The molecule has 1 aliphatic heterocycles. The molecule has 6 heteroatoms. The SMILES string of the molecule is Cc1cccn2c(=O)cc(CN3CCC(NCC4CC4)CC3)nc12.Cl. The van der Waals surface area contributed by atoms with E-state index in [0.29, 0.717) is 6.04 Å². The van der Waals surface area contributed by atoms with E-state index in [-0.39, 0.29) is 18.0 Å². The first kappa shape index (κ1) is 18.4. The number of piperidine rings is 1.